The maximum atomic E-state index is 15.6. The van der Waals surface area contributed by atoms with Crippen LogP contribution in [0.25, 0.3) is 0 Å². The topological polar surface area (TPSA) is 79.0 Å². The van der Waals surface area contributed by atoms with E-state index < -0.39 is 33.4 Å². The predicted octanol–water partition coefficient (Wildman–Crippen LogP) is 5.26. The quantitative estimate of drug-likeness (QED) is 0.403. The zero-order chi connectivity index (χ0) is 28.7. The monoisotopic (exact) mass is 599 g/mol. The van der Waals surface area contributed by atoms with Crippen molar-refractivity contribution in [3.8, 4) is 0 Å². The number of nitrogens with one attached hydrogen (secondary N) is 1. The number of alkyl halides is 1. The van der Waals surface area contributed by atoms with E-state index in [-0.39, 0.29) is 43.6 Å². The molecule has 40 heavy (non-hydrogen) atoms. The maximum Gasteiger partial charge on any atom is 0.304 e. The summed E-state index contributed by atoms with van der Waals surface area (Å²) in [7, 11) is -4.00. The second kappa shape index (κ2) is 11.6. The summed E-state index contributed by atoms with van der Waals surface area (Å²) in [6.45, 7) is 3.31. The molecule has 1 unspecified atom stereocenters. The number of rotatable bonds is 10. The Balaban J connectivity index is 1.18. The Hall–Kier alpha value is -2.18. The highest BCUT2D eigenvalue weighted by Crippen LogP contribution is 2.43. The van der Waals surface area contributed by atoms with Gasteiger partial charge in [0, 0.05) is 37.2 Å². The van der Waals surface area contributed by atoms with Crippen LogP contribution < -0.4 is 4.72 Å². The number of carbonyl (C=O) groups excluding carboxylic acids is 1. The molecule has 0 spiro atoms. The number of piperidine rings is 1. The van der Waals surface area contributed by atoms with E-state index in [4.69, 9.17) is 16.3 Å². The summed E-state index contributed by atoms with van der Waals surface area (Å²) in [5.41, 5.74) is 0.0902. The Bertz CT molecular complexity index is 1360. The Morgan fingerprint density at radius 1 is 1.12 bits per heavy atom. The Morgan fingerprint density at radius 3 is 2.42 bits per heavy atom. The molecule has 3 fully saturated rings. The van der Waals surface area contributed by atoms with Gasteiger partial charge < -0.3 is 4.74 Å². The van der Waals surface area contributed by atoms with E-state index in [2.05, 4.69) is 4.90 Å². The molecule has 1 saturated carbocycles. The first-order chi connectivity index (χ1) is 18.9. The van der Waals surface area contributed by atoms with Gasteiger partial charge in [0.15, 0.2) is 0 Å². The first-order valence-electron chi connectivity index (χ1n) is 13.6. The zero-order valence-electron chi connectivity index (χ0n) is 22.3. The number of amides is 1. The van der Waals surface area contributed by atoms with Gasteiger partial charge in [0.1, 0.15) is 17.3 Å². The first-order valence-corrected chi connectivity index (χ1v) is 15.4. The minimum absolute atomic E-state index is 0.0235. The smallest absolute Gasteiger partial charge is 0.304 e. The molecule has 0 radical (unpaired) electrons. The van der Waals surface area contributed by atoms with Gasteiger partial charge in [-0.25, -0.2) is 17.9 Å². The van der Waals surface area contributed by atoms with Crippen molar-refractivity contribution in [2.45, 2.75) is 63.3 Å². The molecule has 0 aromatic heterocycles. The molecule has 3 aliphatic rings. The summed E-state index contributed by atoms with van der Waals surface area (Å²) in [4.78, 5) is 14.7. The number of hydrogen-bond donors (Lipinski definition) is 1. The first kappa shape index (κ1) is 29.3. The lowest BCUT2D eigenvalue weighted by Crippen LogP contribution is -2.49. The SMILES string of the molecule is CC(c1cc(F)cc(Cl)c1)N1CCC(F)(COCc2cc(F)c(C(=O)NS(=O)(=O)N3CCC3)cc2C2CC2)CC1. The van der Waals surface area contributed by atoms with Gasteiger partial charge in [-0.3, -0.25) is 9.69 Å². The number of nitrogens with zero attached hydrogens (tertiary/aromatic N) is 2. The average molecular weight is 600 g/mol. The van der Waals surface area contributed by atoms with Crippen LogP contribution in [0, 0.1) is 11.6 Å². The van der Waals surface area contributed by atoms with Gasteiger partial charge in [-0.15, -0.1) is 0 Å². The number of benzene rings is 2. The molecule has 12 heteroatoms. The van der Waals surface area contributed by atoms with Crippen molar-refractivity contribution < 1.29 is 31.1 Å². The summed E-state index contributed by atoms with van der Waals surface area (Å²) in [5.74, 6) is -2.15. The van der Waals surface area contributed by atoms with Crippen LogP contribution in [-0.2, 0) is 21.6 Å². The summed E-state index contributed by atoms with van der Waals surface area (Å²) in [5, 5.41) is 0.319. The Morgan fingerprint density at radius 2 is 1.82 bits per heavy atom. The fourth-order valence-corrected chi connectivity index (χ4v) is 6.74. The van der Waals surface area contributed by atoms with Crippen molar-refractivity contribution in [3.63, 3.8) is 0 Å². The minimum Gasteiger partial charge on any atom is -0.373 e. The third-order valence-corrected chi connectivity index (χ3v) is 9.80. The van der Waals surface area contributed by atoms with Gasteiger partial charge in [-0.05, 0) is 92.0 Å². The zero-order valence-corrected chi connectivity index (χ0v) is 23.8. The third-order valence-electron chi connectivity index (χ3n) is 8.09. The molecule has 2 aromatic rings. The minimum atomic E-state index is -4.00. The van der Waals surface area contributed by atoms with Gasteiger partial charge in [0.2, 0.25) is 0 Å². The molecule has 1 atom stereocenters. The lowest BCUT2D eigenvalue weighted by atomic mass is 9.92. The highest BCUT2D eigenvalue weighted by Gasteiger charge is 2.37. The summed E-state index contributed by atoms with van der Waals surface area (Å²) >= 11 is 5.99. The third kappa shape index (κ3) is 6.65. The van der Waals surface area contributed by atoms with Crippen molar-refractivity contribution in [2.75, 3.05) is 32.8 Å². The molecular weight excluding hydrogens is 567 g/mol. The van der Waals surface area contributed by atoms with E-state index >= 15 is 4.39 Å². The number of halogens is 4. The van der Waals surface area contributed by atoms with Crippen LogP contribution >= 0.6 is 11.6 Å². The van der Waals surface area contributed by atoms with Crippen LogP contribution in [0.4, 0.5) is 13.2 Å². The molecule has 2 aromatic carbocycles. The number of hydrogen-bond acceptors (Lipinski definition) is 5. The second-order valence-corrected chi connectivity index (χ2v) is 13.2. The van der Waals surface area contributed by atoms with E-state index in [0.717, 1.165) is 28.3 Å². The fraction of sp³-hybridized carbons (Fsp3) is 0.536. The van der Waals surface area contributed by atoms with E-state index in [1.807, 2.05) is 11.6 Å². The standard InChI is InChI=1S/C28H33ClF3N3O4S/c1-18(20-11-22(29)14-23(30)12-20)34-9-5-28(32,6-10-34)17-39-16-21-13-26(31)25(15-24(21)19-3-4-19)27(36)33-40(37,38)35-7-2-8-35/h11-15,18-19H,2-10,16-17H2,1H3,(H,33,36). The van der Waals surface area contributed by atoms with E-state index in [1.165, 1.54) is 24.3 Å². The van der Waals surface area contributed by atoms with Crippen molar-refractivity contribution in [1.82, 2.24) is 13.9 Å². The molecule has 2 aliphatic heterocycles. The van der Waals surface area contributed by atoms with Crippen molar-refractivity contribution in [3.05, 3.63) is 69.2 Å². The molecule has 1 aliphatic carbocycles. The normalized spacial score (nSPS) is 20.6. The van der Waals surface area contributed by atoms with Gasteiger partial charge in [-0.1, -0.05) is 11.6 Å². The van der Waals surface area contributed by atoms with E-state index in [9.17, 15) is 22.0 Å². The molecule has 7 nitrogen and oxygen atoms in total. The summed E-state index contributed by atoms with van der Waals surface area (Å²) in [6, 6.07) is 6.87. The average Bonchev–Trinajstić information content (AvgIpc) is 3.67. The van der Waals surface area contributed by atoms with Crippen LogP contribution in [0.15, 0.2) is 30.3 Å². The fourth-order valence-electron chi connectivity index (χ4n) is 5.30. The van der Waals surface area contributed by atoms with Crippen molar-refractivity contribution in [2.24, 2.45) is 0 Å². The number of carbonyl (C=O) groups is 1. The molecule has 218 valence electrons. The highest BCUT2D eigenvalue weighted by molar-refractivity contribution is 7.87. The molecule has 2 saturated heterocycles. The van der Waals surface area contributed by atoms with Crippen molar-refractivity contribution >= 4 is 27.7 Å². The van der Waals surface area contributed by atoms with Crippen LogP contribution in [0.2, 0.25) is 5.02 Å². The Kier molecular flexibility index (Phi) is 8.50. The summed E-state index contributed by atoms with van der Waals surface area (Å²) in [6.07, 6.45) is 2.90. The molecule has 1 amide bonds. The van der Waals surface area contributed by atoms with Gasteiger partial charge in [-0.2, -0.15) is 12.7 Å². The maximum absolute atomic E-state index is 15.6. The van der Waals surface area contributed by atoms with Crippen LogP contribution in [0.3, 0.4) is 0 Å². The van der Waals surface area contributed by atoms with Crippen molar-refractivity contribution in [1.29, 1.82) is 0 Å². The largest absolute Gasteiger partial charge is 0.373 e. The van der Waals surface area contributed by atoms with Crippen LogP contribution in [0.1, 0.15) is 78.0 Å². The number of likely N-dealkylation sites (tertiary alicyclic amines) is 1. The molecule has 0 bridgehead atoms. The lowest BCUT2D eigenvalue weighted by molar-refractivity contribution is -0.0367. The molecule has 5 rings (SSSR count). The van der Waals surface area contributed by atoms with Gasteiger partial charge in [0.05, 0.1) is 18.8 Å². The summed E-state index contributed by atoms with van der Waals surface area (Å²) < 4.78 is 77.7. The van der Waals surface area contributed by atoms with E-state index in [1.54, 1.807) is 6.07 Å². The number of ether oxygens (including phenoxy) is 1. The highest BCUT2D eigenvalue weighted by atomic mass is 35.5. The van der Waals surface area contributed by atoms with Crippen LogP contribution in [0.5, 0.6) is 0 Å². The van der Waals surface area contributed by atoms with E-state index in [0.29, 0.717) is 43.2 Å². The molecule has 1 N–H and O–H groups in total. The van der Waals surface area contributed by atoms with Gasteiger partial charge in [0.25, 0.3) is 5.91 Å². The molecular formula is C28H33ClF3N3O4S. The van der Waals surface area contributed by atoms with Crippen LogP contribution in [-0.4, -0.2) is 62.0 Å². The Labute approximate surface area is 237 Å². The lowest BCUT2D eigenvalue weighted by Gasteiger charge is -2.39. The molecule has 2 heterocycles. The van der Waals surface area contributed by atoms with Gasteiger partial charge >= 0.3 is 10.2 Å². The second-order valence-electron chi connectivity index (χ2n) is 11.1. The predicted molar refractivity (Wildman–Crippen MR) is 145 cm³/mol.